The summed E-state index contributed by atoms with van der Waals surface area (Å²) >= 11 is 0. The molecule has 0 atom stereocenters. The van der Waals surface area contributed by atoms with Crippen LogP contribution in [-0.4, -0.2) is 28.0 Å². The van der Waals surface area contributed by atoms with Gasteiger partial charge in [0.25, 0.3) is 0 Å². The average Bonchev–Trinajstić information content (AvgIpc) is 3.18. The molecule has 6 heteroatoms. The predicted molar refractivity (Wildman–Crippen MR) is 99.4 cm³/mol. The molecule has 0 bridgehead atoms. The van der Waals surface area contributed by atoms with Gasteiger partial charge in [-0.1, -0.05) is 47.6 Å². The van der Waals surface area contributed by atoms with E-state index in [2.05, 4.69) is 10.1 Å². The second-order valence-electron chi connectivity index (χ2n) is 6.23. The van der Waals surface area contributed by atoms with E-state index >= 15 is 0 Å². The topological polar surface area (TPSA) is 59.2 Å². The van der Waals surface area contributed by atoms with Crippen molar-refractivity contribution in [1.29, 1.82) is 0 Å². The molecule has 0 unspecified atom stereocenters. The lowest BCUT2D eigenvalue weighted by Crippen LogP contribution is -2.26. The summed E-state index contributed by atoms with van der Waals surface area (Å²) in [6.45, 7) is 0.411. The highest BCUT2D eigenvalue weighted by molar-refractivity contribution is 5.91. The Kier molecular flexibility index (Phi) is 4.38. The standard InChI is InChI=1S/C21H16FN3O2/c1-25(13-16-7-4-6-14-5-2-3-8-18(14)16)21(26)20-23-19(24-27-20)15-9-11-17(22)12-10-15/h2-12H,13H2,1H3. The fourth-order valence-electron chi connectivity index (χ4n) is 2.95. The Morgan fingerprint density at radius 2 is 1.78 bits per heavy atom. The first kappa shape index (κ1) is 16.9. The van der Waals surface area contributed by atoms with Gasteiger partial charge in [0, 0.05) is 19.2 Å². The van der Waals surface area contributed by atoms with Crippen LogP contribution in [0.2, 0.25) is 0 Å². The molecule has 4 rings (SSSR count). The summed E-state index contributed by atoms with van der Waals surface area (Å²) in [6, 6.07) is 19.7. The zero-order chi connectivity index (χ0) is 18.8. The first-order chi connectivity index (χ1) is 13.1. The highest BCUT2D eigenvalue weighted by atomic mass is 19.1. The number of halogens is 1. The Morgan fingerprint density at radius 1 is 1.04 bits per heavy atom. The van der Waals surface area contributed by atoms with Crippen molar-refractivity contribution >= 4 is 16.7 Å². The van der Waals surface area contributed by atoms with Gasteiger partial charge in [-0.3, -0.25) is 4.79 Å². The van der Waals surface area contributed by atoms with Crippen LogP contribution in [-0.2, 0) is 6.54 Å². The molecule has 3 aromatic carbocycles. The van der Waals surface area contributed by atoms with E-state index in [1.807, 2.05) is 42.5 Å². The van der Waals surface area contributed by atoms with E-state index in [4.69, 9.17) is 4.52 Å². The number of aromatic nitrogens is 2. The Hall–Kier alpha value is -3.54. The monoisotopic (exact) mass is 361 g/mol. The van der Waals surface area contributed by atoms with E-state index in [1.54, 1.807) is 7.05 Å². The molecule has 0 N–H and O–H groups in total. The fraction of sp³-hybridized carbons (Fsp3) is 0.0952. The van der Waals surface area contributed by atoms with Gasteiger partial charge >= 0.3 is 11.8 Å². The highest BCUT2D eigenvalue weighted by Crippen LogP contribution is 2.21. The van der Waals surface area contributed by atoms with Gasteiger partial charge in [0.05, 0.1) is 0 Å². The fourth-order valence-corrected chi connectivity index (χ4v) is 2.95. The number of fused-ring (bicyclic) bond motifs is 1. The van der Waals surface area contributed by atoms with Crippen LogP contribution in [0.25, 0.3) is 22.2 Å². The summed E-state index contributed by atoms with van der Waals surface area (Å²) < 4.78 is 18.1. The normalized spacial score (nSPS) is 10.9. The van der Waals surface area contributed by atoms with Gasteiger partial charge in [-0.2, -0.15) is 4.98 Å². The number of benzene rings is 3. The van der Waals surface area contributed by atoms with Crippen molar-refractivity contribution in [3.8, 4) is 11.4 Å². The highest BCUT2D eigenvalue weighted by Gasteiger charge is 2.20. The Bertz CT molecular complexity index is 1100. The van der Waals surface area contributed by atoms with Crippen molar-refractivity contribution in [1.82, 2.24) is 15.0 Å². The molecule has 0 aliphatic carbocycles. The molecule has 0 aliphatic rings. The van der Waals surface area contributed by atoms with Gasteiger partial charge in [0.1, 0.15) is 5.82 Å². The van der Waals surface area contributed by atoms with Crippen LogP contribution >= 0.6 is 0 Å². The number of nitrogens with zero attached hydrogens (tertiary/aromatic N) is 3. The van der Waals surface area contributed by atoms with Gasteiger partial charge in [0.15, 0.2) is 0 Å². The van der Waals surface area contributed by atoms with Gasteiger partial charge in [-0.15, -0.1) is 0 Å². The lowest BCUT2D eigenvalue weighted by atomic mass is 10.0. The third kappa shape index (κ3) is 3.42. The molecule has 0 saturated carbocycles. The van der Waals surface area contributed by atoms with Gasteiger partial charge in [-0.05, 0) is 40.6 Å². The van der Waals surface area contributed by atoms with Crippen molar-refractivity contribution in [2.75, 3.05) is 7.05 Å². The van der Waals surface area contributed by atoms with Crippen LogP contribution in [0.15, 0.2) is 71.3 Å². The SMILES string of the molecule is CN(Cc1cccc2ccccc12)C(=O)c1nc(-c2ccc(F)cc2)no1. The van der Waals surface area contributed by atoms with E-state index in [0.717, 1.165) is 16.3 Å². The minimum atomic E-state index is -0.371. The minimum Gasteiger partial charge on any atom is -0.333 e. The molecule has 0 aliphatic heterocycles. The van der Waals surface area contributed by atoms with E-state index in [9.17, 15) is 9.18 Å². The van der Waals surface area contributed by atoms with Gasteiger partial charge in [-0.25, -0.2) is 4.39 Å². The molecule has 1 aromatic heterocycles. The van der Waals surface area contributed by atoms with E-state index < -0.39 is 0 Å². The summed E-state index contributed by atoms with van der Waals surface area (Å²) in [4.78, 5) is 18.3. The molecular weight excluding hydrogens is 345 g/mol. The molecule has 27 heavy (non-hydrogen) atoms. The lowest BCUT2D eigenvalue weighted by Gasteiger charge is -2.16. The molecular formula is C21H16FN3O2. The maximum atomic E-state index is 13.0. The van der Waals surface area contributed by atoms with Crippen LogP contribution in [0.1, 0.15) is 16.2 Å². The molecule has 0 fully saturated rings. The number of hydrogen-bond donors (Lipinski definition) is 0. The zero-order valence-corrected chi connectivity index (χ0v) is 14.6. The Balaban J connectivity index is 1.55. The average molecular weight is 361 g/mol. The summed E-state index contributed by atoms with van der Waals surface area (Å²) in [5.74, 6) is -0.578. The number of carbonyl (C=O) groups is 1. The summed E-state index contributed by atoms with van der Waals surface area (Å²) in [6.07, 6.45) is 0. The van der Waals surface area contributed by atoms with Gasteiger partial charge < -0.3 is 9.42 Å². The first-order valence-corrected chi connectivity index (χ1v) is 8.43. The first-order valence-electron chi connectivity index (χ1n) is 8.43. The van der Waals surface area contributed by atoms with E-state index in [0.29, 0.717) is 12.1 Å². The van der Waals surface area contributed by atoms with E-state index in [-0.39, 0.29) is 23.4 Å². The third-order valence-electron chi connectivity index (χ3n) is 4.35. The minimum absolute atomic E-state index is 0.0999. The van der Waals surface area contributed by atoms with Crippen molar-refractivity contribution in [3.63, 3.8) is 0 Å². The van der Waals surface area contributed by atoms with Crippen molar-refractivity contribution in [3.05, 3.63) is 84.0 Å². The van der Waals surface area contributed by atoms with Crippen molar-refractivity contribution in [2.45, 2.75) is 6.54 Å². The largest absolute Gasteiger partial charge is 0.333 e. The van der Waals surface area contributed by atoms with Crippen LogP contribution < -0.4 is 0 Å². The van der Waals surface area contributed by atoms with Crippen molar-refractivity contribution in [2.24, 2.45) is 0 Å². The molecule has 1 heterocycles. The molecule has 1 amide bonds. The quantitative estimate of drug-likeness (QED) is 0.544. The Labute approximate surface area is 155 Å². The summed E-state index contributed by atoms with van der Waals surface area (Å²) in [7, 11) is 1.69. The number of hydrogen-bond acceptors (Lipinski definition) is 4. The maximum Gasteiger partial charge on any atom is 0.316 e. The lowest BCUT2D eigenvalue weighted by molar-refractivity contribution is 0.0736. The smallest absolute Gasteiger partial charge is 0.316 e. The maximum absolute atomic E-state index is 13.0. The molecule has 0 saturated heterocycles. The van der Waals surface area contributed by atoms with Gasteiger partial charge in [0.2, 0.25) is 5.82 Å². The summed E-state index contributed by atoms with van der Waals surface area (Å²) in [5, 5.41) is 6.03. The van der Waals surface area contributed by atoms with Crippen molar-refractivity contribution < 1.29 is 13.7 Å². The van der Waals surface area contributed by atoms with Crippen LogP contribution in [0.3, 0.4) is 0 Å². The molecule has 4 aromatic rings. The molecule has 0 radical (unpaired) electrons. The number of carbonyl (C=O) groups excluding carboxylic acids is 1. The number of amides is 1. The van der Waals surface area contributed by atoms with E-state index in [1.165, 1.54) is 29.2 Å². The molecule has 134 valence electrons. The Morgan fingerprint density at radius 3 is 2.59 bits per heavy atom. The zero-order valence-electron chi connectivity index (χ0n) is 14.6. The molecule has 0 spiro atoms. The van der Waals surface area contributed by atoms with Crippen LogP contribution in [0.4, 0.5) is 4.39 Å². The third-order valence-corrected chi connectivity index (χ3v) is 4.35. The summed E-state index contributed by atoms with van der Waals surface area (Å²) in [5.41, 5.74) is 1.61. The second kappa shape index (κ2) is 6.99. The molecule has 5 nitrogen and oxygen atoms in total. The van der Waals surface area contributed by atoms with Crippen LogP contribution in [0, 0.1) is 5.82 Å². The predicted octanol–water partition coefficient (Wildman–Crippen LogP) is 4.30. The second-order valence-corrected chi connectivity index (χ2v) is 6.23. The van der Waals surface area contributed by atoms with Crippen LogP contribution in [0.5, 0.6) is 0 Å². The number of rotatable bonds is 4.